The van der Waals surface area contributed by atoms with Crippen molar-refractivity contribution in [2.75, 3.05) is 32.8 Å². The van der Waals surface area contributed by atoms with E-state index in [1.165, 1.54) is 27.4 Å². The summed E-state index contributed by atoms with van der Waals surface area (Å²) in [6.45, 7) is 2.32. The summed E-state index contributed by atoms with van der Waals surface area (Å²) in [6, 6.07) is 10.4. The van der Waals surface area contributed by atoms with Gasteiger partial charge < -0.3 is 9.64 Å². The molecule has 1 fully saturated rings. The summed E-state index contributed by atoms with van der Waals surface area (Å²) in [6.07, 6.45) is 0. The molecule has 6 nitrogen and oxygen atoms in total. The maximum Gasteiger partial charge on any atom is 0.260 e. The summed E-state index contributed by atoms with van der Waals surface area (Å²) in [5.74, 6) is -0.487. The number of sulfonamides is 1. The van der Waals surface area contributed by atoms with Crippen LogP contribution < -0.4 is 4.74 Å². The molecule has 0 aromatic heterocycles. The van der Waals surface area contributed by atoms with Gasteiger partial charge in [0.1, 0.15) is 16.5 Å². The van der Waals surface area contributed by atoms with Crippen molar-refractivity contribution in [3.63, 3.8) is 0 Å². The highest BCUT2D eigenvalue weighted by Crippen LogP contribution is 2.22. The van der Waals surface area contributed by atoms with E-state index in [4.69, 9.17) is 16.3 Å². The van der Waals surface area contributed by atoms with Crippen molar-refractivity contribution in [1.29, 1.82) is 0 Å². The van der Waals surface area contributed by atoms with Gasteiger partial charge in [0.2, 0.25) is 10.0 Å². The number of benzene rings is 2. The van der Waals surface area contributed by atoms with Gasteiger partial charge in [-0.25, -0.2) is 12.8 Å². The third-order valence-electron chi connectivity index (χ3n) is 4.54. The van der Waals surface area contributed by atoms with Crippen LogP contribution in [0.25, 0.3) is 0 Å². The van der Waals surface area contributed by atoms with Gasteiger partial charge in [-0.05, 0) is 42.8 Å². The molecule has 0 spiro atoms. The Bertz CT molecular complexity index is 976. The first-order chi connectivity index (χ1) is 13.3. The van der Waals surface area contributed by atoms with Crippen LogP contribution in [0.2, 0.25) is 5.02 Å². The minimum absolute atomic E-state index is 0.0997. The monoisotopic (exact) mass is 426 g/mol. The van der Waals surface area contributed by atoms with Gasteiger partial charge >= 0.3 is 0 Å². The Morgan fingerprint density at radius 3 is 2.46 bits per heavy atom. The highest BCUT2D eigenvalue weighted by molar-refractivity contribution is 7.89. The van der Waals surface area contributed by atoms with Crippen LogP contribution in [-0.2, 0) is 14.8 Å². The normalized spacial score (nSPS) is 15.5. The standard InChI is InChI=1S/C19H20ClFN2O4S/c1-14-12-15(6-7-16(14)20)27-13-19(24)22-8-10-23(11-9-22)28(25,26)18-5-3-2-4-17(18)21/h2-7,12H,8-11,13H2,1H3. The summed E-state index contributed by atoms with van der Waals surface area (Å²) in [5.41, 5.74) is 0.846. The number of rotatable bonds is 5. The molecule has 150 valence electrons. The number of carbonyl (C=O) groups excluding carboxylic acids is 1. The smallest absolute Gasteiger partial charge is 0.260 e. The van der Waals surface area contributed by atoms with Crippen molar-refractivity contribution in [1.82, 2.24) is 9.21 Å². The van der Waals surface area contributed by atoms with Gasteiger partial charge in [0.05, 0.1) is 0 Å². The fourth-order valence-electron chi connectivity index (χ4n) is 2.91. The summed E-state index contributed by atoms with van der Waals surface area (Å²) >= 11 is 5.96. The Labute approximate surface area is 168 Å². The molecular formula is C19H20ClFN2O4S. The van der Waals surface area contributed by atoms with Crippen molar-refractivity contribution in [2.45, 2.75) is 11.8 Å². The molecule has 1 amide bonds. The van der Waals surface area contributed by atoms with Crippen molar-refractivity contribution in [2.24, 2.45) is 0 Å². The van der Waals surface area contributed by atoms with Crippen LogP contribution in [0.4, 0.5) is 4.39 Å². The number of amides is 1. The van der Waals surface area contributed by atoms with Gasteiger partial charge in [0.25, 0.3) is 5.91 Å². The minimum Gasteiger partial charge on any atom is -0.484 e. The molecule has 9 heteroatoms. The molecule has 1 heterocycles. The van der Waals surface area contributed by atoms with Crippen LogP contribution in [0.3, 0.4) is 0 Å². The van der Waals surface area contributed by atoms with Crippen molar-refractivity contribution in [3.05, 3.63) is 58.9 Å². The number of aryl methyl sites for hydroxylation is 1. The second-order valence-corrected chi connectivity index (χ2v) is 8.73. The molecule has 0 N–H and O–H groups in total. The van der Waals surface area contributed by atoms with Gasteiger partial charge in [-0.1, -0.05) is 23.7 Å². The molecule has 0 saturated carbocycles. The molecular weight excluding hydrogens is 407 g/mol. The van der Waals surface area contributed by atoms with E-state index in [2.05, 4.69) is 0 Å². The van der Waals surface area contributed by atoms with Crippen molar-refractivity contribution < 1.29 is 22.3 Å². The van der Waals surface area contributed by atoms with Gasteiger partial charge in [-0.2, -0.15) is 4.31 Å². The Morgan fingerprint density at radius 2 is 1.82 bits per heavy atom. The fraction of sp³-hybridized carbons (Fsp3) is 0.316. The third kappa shape index (κ3) is 4.45. The zero-order valence-electron chi connectivity index (χ0n) is 15.3. The maximum absolute atomic E-state index is 13.9. The first kappa shape index (κ1) is 20.6. The quantitative estimate of drug-likeness (QED) is 0.737. The zero-order chi connectivity index (χ0) is 20.3. The lowest BCUT2D eigenvalue weighted by atomic mass is 10.2. The van der Waals surface area contributed by atoms with Gasteiger partial charge in [0, 0.05) is 31.2 Å². The Morgan fingerprint density at radius 1 is 1.14 bits per heavy atom. The largest absolute Gasteiger partial charge is 0.484 e. The first-order valence-electron chi connectivity index (χ1n) is 8.70. The van der Waals surface area contributed by atoms with Crippen molar-refractivity contribution in [3.8, 4) is 5.75 Å². The van der Waals surface area contributed by atoms with E-state index in [0.717, 1.165) is 11.6 Å². The lowest BCUT2D eigenvalue weighted by Crippen LogP contribution is -2.51. The number of nitrogens with zero attached hydrogens (tertiary/aromatic N) is 2. The van der Waals surface area contributed by atoms with Gasteiger partial charge in [-0.3, -0.25) is 4.79 Å². The highest BCUT2D eigenvalue weighted by atomic mass is 35.5. The van der Waals surface area contributed by atoms with Crippen LogP contribution in [0, 0.1) is 12.7 Å². The molecule has 0 bridgehead atoms. The van der Waals surface area contributed by atoms with Gasteiger partial charge in [0.15, 0.2) is 6.61 Å². The zero-order valence-corrected chi connectivity index (χ0v) is 16.8. The first-order valence-corrected chi connectivity index (χ1v) is 10.5. The van der Waals surface area contributed by atoms with Crippen LogP contribution in [0.1, 0.15) is 5.56 Å². The average molecular weight is 427 g/mol. The molecule has 2 aromatic carbocycles. The van der Waals surface area contributed by atoms with Gasteiger partial charge in [-0.15, -0.1) is 0 Å². The molecule has 2 aromatic rings. The third-order valence-corrected chi connectivity index (χ3v) is 6.89. The second-order valence-electron chi connectivity index (χ2n) is 6.41. The van der Waals surface area contributed by atoms with Crippen molar-refractivity contribution >= 4 is 27.5 Å². The Balaban J connectivity index is 1.56. The van der Waals surface area contributed by atoms with Crippen LogP contribution in [-0.4, -0.2) is 56.3 Å². The van der Waals surface area contributed by atoms with E-state index < -0.39 is 15.8 Å². The SMILES string of the molecule is Cc1cc(OCC(=O)N2CCN(S(=O)(=O)c3ccccc3F)CC2)ccc1Cl. The van der Waals surface area contributed by atoms with E-state index in [1.807, 2.05) is 6.92 Å². The number of hydrogen-bond acceptors (Lipinski definition) is 4. The predicted octanol–water partition coefficient (Wildman–Crippen LogP) is 2.70. The van der Waals surface area contributed by atoms with E-state index in [9.17, 15) is 17.6 Å². The van der Waals surface area contributed by atoms with E-state index in [0.29, 0.717) is 10.8 Å². The predicted molar refractivity (Wildman–Crippen MR) is 103 cm³/mol. The summed E-state index contributed by atoms with van der Waals surface area (Å²) < 4.78 is 45.8. The molecule has 0 radical (unpaired) electrons. The fourth-order valence-corrected chi connectivity index (χ4v) is 4.52. The molecule has 0 aliphatic carbocycles. The average Bonchev–Trinajstić information content (AvgIpc) is 2.69. The van der Waals surface area contributed by atoms with Crippen LogP contribution in [0.5, 0.6) is 5.75 Å². The summed E-state index contributed by atoms with van der Waals surface area (Å²) in [5, 5.41) is 0.617. The van der Waals surface area contributed by atoms with Crippen LogP contribution >= 0.6 is 11.6 Å². The Kier molecular flexibility index (Phi) is 6.22. The summed E-state index contributed by atoms with van der Waals surface area (Å²) in [4.78, 5) is 13.5. The lowest BCUT2D eigenvalue weighted by Gasteiger charge is -2.34. The minimum atomic E-state index is -3.93. The van der Waals surface area contributed by atoms with E-state index in [1.54, 1.807) is 18.2 Å². The number of piperazine rings is 1. The Hall–Kier alpha value is -2.16. The van der Waals surface area contributed by atoms with E-state index >= 15 is 0 Å². The molecule has 28 heavy (non-hydrogen) atoms. The molecule has 0 unspecified atom stereocenters. The lowest BCUT2D eigenvalue weighted by molar-refractivity contribution is -0.134. The number of carbonyl (C=O) groups is 1. The number of halogens is 2. The highest BCUT2D eigenvalue weighted by Gasteiger charge is 2.31. The summed E-state index contributed by atoms with van der Waals surface area (Å²) in [7, 11) is -3.93. The van der Waals surface area contributed by atoms with Crippen LogP contribution in [0.15, 0.2) is 47.4 Å². The topological polar surface area (TPSA) is 66.9 Å². The second kappa shape index (κ2) is 8.46. The molecule has 0 atom stereocenters. The molecule has 1 saturated heterocycles. The number of ether oxygens (including phenoxy) is 1. The molecule has 3 rings (SSSR count). The maximum atomic E-state index is 13.9. The number of hydrogen-bond donors (Lipinski definition) is 0. The molecule has 1 aliphatic rings. The van der Waals surface area contributed by atoms with E-state index in [-0.39, 0.29) is 43.6 Å². The molecule has 1 aliphatic heterocycles.